The summed E-state index contributed by atoms with van der Waals surface area (Å²) in [7, 11) is 0. The maximum absolute atomic E-state index is 11.4. The molecule has 0 aliphatic carbocycles. The first-order chi connectivity index (χ1) is 9.68. The highest BCUT2D eigenvalue weighted by molar-refractivity contribution is 5.66. The van der Waals surface area contributed by atoms with Crippen molar-refractivity contribution in [3.63, 3.8) is 0 Å². The Balaban J connectivity index is 2.43. The Kier molecular flexibility index (Phi) is 4.00. The molecule has 1 aliphatic heterocycles. The molecule has 1 amide bonds. The van der Waals surface area contributed by atoms with Crippen molar-refractivity contribution in [2.75, 3.05) is 6.54 Å². The molecule has 1 unspecified atom stereocenters. The van der Waals surface area contributed by atoms with Gasteiger partial charge < -0.3 is 20.2 Å². The van der Waals surface area contributed by atoms with Gasteiger partial charge in [-0.2, -0.15) is 0 Å². The lowest BCUT2D eigenvalue weighted by Crippen LogP contribution is -2.65. The molecular formula is C16H23NO4. The molecule has 0 radical (unpaired) electrons. The van der Waals surface area contributed by atoms with Crippen molar-refractivity contribution in [2.45, 2.75) is 44.9 Å². The summed E-state index contributed by atoms with van der Waals surface area (Å²) >= 11 is 0. The van der Waals surface area contributed by atoms with Crippen LogP contribution in [0.2, 0.25) is 0 Å². The van der Waals surface area contributed by atoms with E-state index in [2.05, 4.69) is 0 Å². The minimum atomic E-state index is -1.43. The highest BCUT2D eigenvalue weighted by Gasteiger charge is 2.53. The third kappa shape index (κ3) is 2.76. The molecule has 1 aromatic carbocycles. The summed E-state index contributed by atoms with van der Waals surface area (Å²) in [6.07, 6.45) is -2.06. The van der Waals surface area contributed by atoms with Gasteiger partial charge in [-0.05, 0) is 11.0 Å². The zero-order valence-electron chi connectivity index (χ0n) is 12.7. The van der Waals surface area contributed by atoms with Crippen LogP contribution in [0.15, 0.2) is 30.3 Å². The van der Waals surface area contributed by atoms with Gasteiger partial charge in [0.05, 0.1) is 6.04 Å². The van der Waals surface area contributed by atoms with E-state index in [1.54, 1.807) is 24.3 Å². The van der Waals surface area contributed by atoms with Gasteiger partial charge in [0.1, 0.15) is 11.7 Å². The fourth-order valence-corrected chi connectivity index (χ4v) is 3.21. The van der Waals surface area contributed by atoms with Crippen LogP contribution < -0.4 is 0 Å². The molecule has 1 aromatic rings. The highest BCUT2D eigenvalue weighted by atomic mass is 16.4. The minimum absolute atomic E-state index is 0.178. The number of carboxylic acid groups (broad SMARTS) is 1. The van der Waals surface area contributed by atoms with Gasteiger partial charge in [-0.1, -0.05) is 51.1 Å². The minimum Gasteiger partial charge on any atom is -0.465 e. The van der Waals surface area contributed by atoms with E-state index in [0.717, 1.165) is 0 Å². The Morgan fingerprint density at radius 2 is 1.86 bits per heavy atom. The number of aliphatic hydroxyl groups is 2. The number of hydrogen-bond acceptors (Lipinski definition) is 3. The van der Waals surface area contributed by atoms with Crippen molar-refractivity contribution in [1.29, 1.82) is 0 Å². The molecule has 1 saturated heterocycles. The Labute approximate surface area is 124 Å². The van der Waals surface area contributed by atoms with Gasteiger partial charge in [0.15, 0.2) is 0 Å². The van der Waals surface area contributed by atoms with Gasteiger partial charge >= 0.3 is 6.09 Å². The van der Waals surface area contributed by atoms with Crippen LogP contribution in [0.4, 0.5) is 4.79 Å². The number of hydrogen-bond donors (Lipinski definition) is 3. The van der Waals surface area contributed by atoms with Gasteiger partial charge in [-0.3, -0.25) is 0 Å². The van der Waals surface area contributed by atoms with E-state index in [0.29, 0.717) is 5.56 Å². The fourth-order valence-electron chi connectivity index (χ4n) is 3.21. The molecule has 0 bridgehead atoms. The van der Waals surface area contributed by atoms with Crippen LogP contribution in [-0.2, 0) is 5.60 Å². The van der Waals surface area contributed by atoms with Crippen LogP contribution in [0, 0.1) is 5.41 Å². The van der Waals surface area contributed by atoms with Crippen LogP contribution in [0.25, 0.3) is 0 Å². The number of likely N-dealkylation sites (tertiary alicyclic amines) is 1. The van der Waals surface area contributed by atoms with Crippen molar-refractivity contribution < 1.29 is 20.1 Å². The molecule has 0 spiro atoms. The fraction of sp³-hybridized carbons (Fsp3) is 0.562. The first-order valence-corrected chi connectivity index (χ1v) is 7.13. The van der Waals surface area contributed by atoms with Crippen LogP contribution in [0.5, 0.6) is 0 Å². The molecule has 0 saturated carbocycles. The SMILES string of the molecule is CC(C)(C)C1[C@@H](O)[C@](O)(c2ccccc2)CCN1C(=O)O. The third-order valence-electron chi connectivity index (χ3n) is 4.26. The van der Waals surface area contributed by atoms with E-state index in [9.17, 15) is 20.1 Å². The summed E-state index contributed by atoms with van der Waals surface area (Å²) in [5.41, 5.74) is -1.29. The van der Waals surface area contributed by atoms with Gasteiger partial charge in [0, 0.05) is 13.0 Å². The molecule has 116 valence electrons. The second-order valence-electron chi connectivity index (χ2n) is 6.77. The van der Waals surface area contributed by atoms with Gasteiger partial charge in [0.2, 0.25) is 0 Å². The zero-order chi connectivity index (χ0) is 15.8. The van der Waals surface area contributed by atoms with Gasteiger partial charge in [-0.15, -0.1) is 0 Å². The summed E-state index contributed by atoms with van der Waals surface area (Å²) in [6, 6.07) is 8.30. The number of nitrogens with zero attached hydrogens (tertiary/aromatic N) is 1. The first-order valence-electron chi connectivity index (χ1n) is 7.13. The molecule has 3 N–H and O–H groups in total. The summed E-state index contributed by atoms with van der Waals surface area (Å²) in [6.45, 7) is 5.80. The first kappa shape index (κ1) is 15.8. The number of carbonyl (C=O) groups is 1. The van der Waals surface area contributed by atoms with Crippen molar-refractivity contribution in [3.8, 4) is 0 Å². The highest BCUT2D eigenvalue weighted by Crippen LogP contribution is 2.41. The van der Waals surface area contributed by atoms with E-state index >= 15 is 0 Å². The average Bonchev–Trinajstić information content (AvgIpc) is 2.41. The Morgan fingerprint density at radius 1 is 1.29 bits per heavy atom. The standard InChI is InChI=1S/C16H23NO4/c1-15(2,3)12-13(18)16(21,9-10-17(12)14(19)20)11-7-5-4-6-8-11/h4-8,12-13,18,21H,9-10H2,1-3H3,(H,19,20)/t12?,13-,16-/m1/s1. The maximum Gasteiger partial charge on any atom is 0.407 e. The topological polar surface area (TPSA) is 81.0 Å². The van der Waals surface area contributed by atoms with Crippen LogP contribution in [0.1, 0.15) is 32.8 Å². The molecule has 5 heteroatoms. The predicted octanol–water partition coefficient (Wildman–Crippen LogP) is 2.03. The summed E-state index contributed by atoms with van der Waals surface area (Å²) in [4.78, 5) is 12.7. The third-order valence-corrected chi connectivity index (χ3v) is 4.26. The van der Waals surface area contributed by atoms with E-state index in [-0.39, 0.29) is 13.0 Å². The average molecular weight is 293 g/mol. The zero-order valence-corrected chi connectivity index (χ0v) is 12.7. The monoisotopic (exact) mass is 293 g/mol. The lowest BCUT2D eigenvalue weighted by molar-refractivity contribution is -0.165. The Morgan fingerprint density at radius 3 is 2.33 bits per heavy atom. The molecule has 5 nitrogen and oxygen atoms in total. The molecule has 3 atom stereocenters. The Bertz CT molecular complexity index is 511. The molecular weight excluding hydrogens is 270 g/mol. The summed E-state index contributed by atoms with van der Waals surface area (Å²) in [5, 5.41) is 31.1. The van der Waals surface area contributed by atoms with Crippen LogP contribution >= 0.6 is 0 Å². The van der Waals surface area contributed by atoms with Crippen molar-refractivity contribution in [3.05, 3.63) is 35.9 Å². The van der Waals surface area contributed by atoms with Crippen molar-refractivity contribution in [2.24, 2.45) is 5.41 Å². The second kappa shape index (κ2) is 5.31. The molecule has 1 aliphatic rings. The Hall–Kier alpha value is -1.59. The molecule has 21 heavy (non-hydrogen) atoms. The lowest BCUT2D eigenvalue weighted by atomic mass is 9.70. The summed E-state index contributed by atoms with van der Waals surface area (Å²) < 4.78 is 0. The van der Waals surface area contributed by atoms with E-state index in [4.69, 9.17) is 0 Å². The van der Waals surface area contributed by atoms with Gasteiger partial charge in [0.25, 0.3) is 0 Å². The molecule has 0 aromatic heterocycles. The largest absolute Gasteiger partial charge is 0.465 e. The number of amides is 1. The lowest BCUT2D eigenvalue weighted by Gasteiger charge is -2.51. The van der Waals surface area contributed by atoms with Gasteiger partial charge in [-0.25, -0.2) is 4.79 Å². The van der Waals surface area contributed by atoms with Crippen LogP contribution in [-0.4, -0.2) is 45.0 Å². The summed E-state index contributed by atoms with van der Waals surface area (Å²) in [5.74, 6) is 0. The van der Waals surface area contributed by atoms with E-state index in [1.807, 2.05) is 26.8 Å². The van der Waals surface area contributed by atoms with E-state index < -0.39 is 29.3 Å². The number of aliphatic hydroxyl groups excluding tert-OH is 1. The molecule has 1 fully saturated rings. The quantitative estimate of drug-likeness (QED) is 0.740. The van der Waals surface area contributed by atoms with Crippen molar-refractivity contribution in [1.82, 2.24) is 4.90 Å². The van der Waals surface area contributed by atoms with Crippen LogP contribution in [0.3, 0.4) is 0 Å². The smallest absolute Gasteiger partial charge is 0.407 e. The molecule has 1 heterocycles. The second-order valence-corrected chi connectivity index (χ2v) is 6.77. The number of benzene rings is 1. The number of rotatable bonds is 1. The predicted molar refractivity (Wildman–Crippen MR) is 78.9 cm³/mol. The number of piperidine rings is 1. The van der Waals surface area contributed by atoms with Crippen molar-refractivity contribution >= 4 is 6.09 Å². The maximum atomic E-state index is 11.4. The van der Waals surface area contributed by atoms with E-state index in [1.165, 1.54) is 4.90 Å². The molecule has 2 rings (SSSR count). The normalized spacial score (nSPS) is 30.2.